The van der Waals surface area contributed by atoms with Crippen LogP contribution < -0.4 is 16.2 Å². The summed E-state index contributed by atoms with van der Waals surface area (Å²) in [7, 11) is 0. The van der Waals surface area contributed by atoms with Gasteiger partial charge in [-0.1, -0.05) is 38.1 Å². The summed E-state index contributed by atoms with van der Waals surface area (Å²) >= 11 is 0. The summed E-state index contributed by atoms with van der Waals surface area (Å²) in [4.78, 5) is 48.2. The number of carbonyl (C=O) groups excluding carboxylic acids is 4. The van der Waals surface area contributed by atoms with Gasteiger partial charge in [0.25, 0.3) is 17.7 Å². The molecule has 3 N–H and O–H groups in total. The summed E-state index contributed by atoms with van der Waals surface area (Å²) in [6.07, 6.45) is 0. The maximum Gasteiger partial charge on any atom is 0.329 e. The molecule has 3 amide bonds. The Balaban J connectivity index is 1.90. The number of ether oxygens (including phenoxy) is 1. The van der Waals surface area contributed by atoms with Crippen molar-refractivity contribution < 1.29 is 32.7 Å². The van der Waals surface area contributed by atoms with Gasteiger partial charge in [0.1, 0.15) is 23.2 Å². The molecule has 0 unspecified atom stereocenters. The Hall–Kier alpha value is -3.82. The van der Waals surface area contributed by atoms with E-state index in [0.29, 0.717) is 5.56 Å². The molecule has 0 aliphatic carbocycles. The quantitative estimate of drug-likeness (QED) is 0.455. The topological polar surface area (TPSA) is 114 Å². The van der Waals surface area contributed by atoms with Crippen molar-refractivity contribution in [2.24, 2.45) is 5.92 Å². The number of rotatable bonds is 7. The highest BCUT2D eigenvalue weighted by molar-refractivity contribution is 5.98. The van der Waals surface area contributed by atoms with E-state index in [0.717, 1.165) is 18.2 Å². The maximum atomic E-state index is 13.8. The van der Waals surface area contributed by atoms with Gasteiger partial charge in [-0.15, -0.1) is 0 Å². The summed E-state index contributed by atoms with van der Waals surface area (Å²) in [5.74, 6) is -6.18. The molecule has 0 saturated carbocycles. The van der Waals surface area contributed by atoms with E-state index < -0.39 is 59.5 Å². The van der Waals surface area contributed by atoms with Crippen molar-refractivity contribution >= 4 is 23.7 Å². The smallest absolute Gasteiger partial charge is 0.329 e. The molecule has 0 bridgehead atoms. The fourth-order valence-corrected chi connectivity index (χ4v) is 2.48. The van der Waals surface area contributed by atoms with E-state index in [1.807, 2.05) is 0 Å². The minimum atomic E-state index is -1.27. The van der Waals surface area contributed by atoms with E-state index in [2.05, 4.69) is 16.2 Å². The first-order valence-electron chi connectivity index (χ1n) is 9.26. The van der Waals surface area contributed by atoms with Crippen LogP contribution >= 0.6 is 0 Å². The molecule has 2 aromatic carbocycles. The number of amides is 3. The van der Waals surface area contributed by atoms with Crippen molar-refractivity contribution in [1.29, 1.82) is 0 Å². The summed E-state index contributed by atoms with van der Waals surface area (Å²) < 4.78 is 32.4. The molecule has 2 rings (SSSR count). The van der Waals surface area contributed by atoms with Crippen LogP contribution in [-0.2, 0) is 14.3 Å². The third-order valence-electron chi connectivity index (χ3n) is 4.09. The van der Waals surface area contributed by atoms with E-state index in [1.165, 1.54) is 12.1 Å². The Labute approximate surface area is 176 Å². The van der Waals surface area contributed by atoms with Gasteiger partial charge in [-0.25, -0.2) is 13.6 Å². The zero-order valence-corrected chi connectivity index (χ0v) is 16.8. The lowest BCUT2D eigenvalue weighted by molar-refractivity contribution is -0.151. The van der Waals surface area contributed by atoms with Crippen LogP contribution in [0.5, 0.6) is 0 Å². The highest BCUT2D eigenvalue weighted by Gasteiger charge is 2.29. The summed E-state index contributed by atoms with van der Waals surface area (Å²) in [5.41, 5.74) is 3.72. The lowest BCUT2D eigenvalue weighted by Crippen LogP contribution is -2.48. The standard InChI is InChI=1S/C21H21F2N3O5/c1-12(2)18(24-20(29)17-14(22)9-6-10-15(17)23)21(30)31-11-16(27)25-26-19(28)13-7-4-3-5-8-13/h3-10,12,18H,11H2,1-2H3,(H,24,29)(H,25,27)(H,26,28)/t18-/m1/s1. The molecule has 0 heterocycles. The van der Waals surface area contributed by atoms with E-state index >= 15 is 0 Å². The second-order valence-electron chi connectivity index (χ2n) is 6.77. The van der Waals surface area contributed by atoms with Crippen LogP contribution in [0.4, 0.5) is 8.78 Å². The van der Waals surface area contributed by atoms with Gasteiger partial charge in [0.05, 0.1) is 0 Å². The Morgan fingerprint density at radius 1 is 0.871 bits per heavy atom. The molecular formula is C21H21F2N3O5. The maximum absolute atomic E-state index is 13.8. The van der Waals surface area contributed by atoms with Gasteiger partial charge in [-0.05, 0) is 30.2 Å². The van der Waals surface area contributed by atoms with Crippen LogP contribution in [0.3, 0.4) is 0 Å². The van der Waals surface area contributed by atoms with E-state index in [-0.39, 0.29) is 0 Å². The minimum absolute atomic E-state index is 0.308. The number of esters is 1. The van der Waals surface area contributed by atoms with Crippen LogP contribution in [0.25, 0.3) is 0 Å². The van der Waals surface area contributed by atoms with Crippen LogP contribution in [-0.4, -0.2) is 36.3 Å². The number of halogens is 2. The van der Waals surface area contributed by atoms with Crippen LogP contribution in [0.2, 0.25) is 0 Å². The van der Waals surface area contributed by atoms with E-state index in [9.17, 15) is 28.0 Å². The molecule has 10 heteroatoms. The van der Waals surface area contributed by atoms with Gasteiger partial charge in [-0.3, -0.25) is 25.2 Å². The number of benzene rings is 2. The number of nitrogens with one attached hydrogen (secondary N) is 3. The average Bonchev–Trinajstić information content (AvgIpc) is 2.74. The molecule has 2 aromatic rings. The lowest BCUT2D eigenvalue weighted by Gasteiger charge is -2.21. The third kappa shape index (κ3) is 6.59. The molecule has 0 aliphatic rings. The Bertz CT molecular complexity index is 946. The number of hydrogen-bond acceptors (Lipinski definition) is 5. The highest BCUT2D eigenvalue weighted by atomic mass is 19.1. The molecule has 0 spiro atoms. The van der Waals surface area contributed by atoms with Crippen molar-refractivity contribution in [3.63, 3.8) is 0 Å². The molecule has 0 fully saturated rings. The van der Waals surface area contributed by atoms with Gasteiger partial charge in [0.15, 0.2) is 6.61 Å². The fourth-order valence-electron chi connectivity index (χ4n) is 2.48. The van der Waals surface area contributed by atoms with Gasteiger partial charge in [0, 0.05) is 5.56 Å². The second-order valence-corrected chi connectivity index (χ2v) is 6.77. The van der Waals surface area contributed by atoms with E-state index in [1.54, 1.807) is 32.0 Å². The van der Waals surface area contributed by atoms with Crippen molar-refractivity contribution in [2.75, 3.05) is 6.61 Å². The highest BCUT2D eigenvalue weighted by Crippen LogP contribution is 2.13. The number of carbonyl (C=O) groups is 4. The largest absolute Gasteiger partial charge is 0.454 e. The summed E-state index contributed by atoms with van der Waals surface area (Å²) in [5, 5.41) is 2.21. The molecule has 0 saturated heterocycles. The molecule has 0 aromatic heterocycles. The monoisotopic (exact) mass is 433 g/mol. The predicted molar refractivity (Wildman–Crippen MR) is 105 cm³/mol. The Morgan fingerprint density at radius 2 is 1.48 bits per heavy atom. The van der Waals surface area contributed by atoms with Crippen molar-refractivity contribution in [1.82, 2.24) is 16.2 Å². The van der Waals surface area contributed by atoms with Gasteiger partial charge in [0.2, 0.25) is 0 Å². The molecule has 0 radical (unpaired) electrons. The predicted octanol–water partition coefficient (Wildman–Crippen LogP) is 1.72. The molecular weight excluding hydrogens is 412 g/mol. The van der Waals surface area contributed by atoms with Crippen molar-refractivity contribution in [3.05, 3.63) is 71.3 Å². The lowest BCUT2D eigenvalue weighted by atomic mass is 10.0. The zero-order chi connectivity index (χ0) is 23.0. The molecule has 0 aliphatic heterocycles. The summed E-state index contributed by atoms with van der Waals surface area (Å²) in [6, 6.07) is 9.75. The van der Waals surface area contributed by atoms with Crippen molar-refractivity contribution in [3.8, 4) is 0 Å². The number of hydrazine groups is 1. The van der Waals surface area contributed by atoms with Crippen LogP contribution in [0.15, 0.2) is 48.5 Å². The van der Waals surface area contributed by atoms with Gasteiger partial charge in [-0.2, -0.15) is 0 Å². The van der Waals surface area contributed by atoms with E-state index in [4.69, 9.17) is 4.74 Å². The average molecular weight is 433 g/mol. The van der Waals surface area contributed by atoms with Crippen LogP contribution in [0.1, 0.15) is 34.6 Å². The van der Waals surface area contributed by atoms with Gasteiger partial charge < -0.3 is 10.1 Å². The van der Waals surface area contributed by atoms with Crippen LogP contribution in [0, 0.1) is 17.6 Å². The number of hydrogen-bond donors (Lipinski definition) is 3. The third-order valence-corrected chi connectivity index (χ3v) is 4.09. The molecule has 8 nitrogen and oxygen atoms in total. The summed E-state index contributed by atoms with van der Waals surface area (Å²) in [6.45, 7) is 2.40. The first-order valence-corrected chi connectivity index (χ1v) is 9.26. The van der Waals surface area contributed by atoms with Crippen molar-refractivity contribution in [2.45, 2.75) is 19.9 Å². The second kappa shape index (κ2) is 10.8. The first-order chi connectivity index (χ1) is 14.7. The fraction of sp³-hybridized carbons (Fsp3) is 0.238. The Kier molecular flexibility index (Phi) is 8.18. The Morgan fingerprint density at radius 3 is 2.06 bits per heavy atom. The molecule has 31 heavy (non-hydrogen) atoms. The normalized spacial score (nSPS) is 11.4. The molecule has 1 atom stereocenters. The van der Waals surface area contributed by atoms with Gasteiger partial charge >= 0.3 is 5.97 Å². The SMILES string of the molecule is CC(C)[C@@H](NC(=O)c1c(F)cccc1F)C(=O)OCC(=O)NNC(=O)c1ccccc1. The zero-order valence-electron chi connectivity index (χ0n) is 16.8. The first kappa shape index (κ1) is 23.5. The molecule has 164 valence electrons. The minimum Gasteiger partial charge on any atom is -0.454 e.